The minimum Gasteiger partial charge on any atom is -0.361 e. The minimum absolute atomic E-state index is 0.0830. The van der Waals surface area contributed by atoms with E-state index >= 15 is 0 Å². The molecule has 3 aromatic rings. The van der Waals surface area contributed by atoms with E-state index < -0.39 is 15.3 Å². The normalized spacial score (nSPS) is 18.9. The van der Waals surface area contributed by atoms with Gasteiger partial charge in [0, 0.05) is 37.7 Å². The van der Waals surface area contributed by atoms with E-state index in [1.807, 2.05) is 18.2 Å². The van der Waals surface area contributed by atoms with Crippen molar-refractivity contribution in [1.29, 1.82) is 0 Å². The smallest absolute Gasteiger partial charge is 0.227 e. The molecule has 2 aliphatic rings. The highest BCUT2D eigenvalue weighted by molar-refractivity contribution is 7.89. The Morgan fingerprint density at radius 1 is 1.19 bits per heavy atom. The molecule has 0 spiro atoms. The number of rotatable bonds is 5. The molecule has 0 aliphatic carbocycles. The summed E-state index contributed by atoms with van der Waals surface area (Å²) < 4.78 is 34.1. The Kier molecular flexibility index (Phi) is 5.55. The zero-order chi connectivity index (χ0) is 22.5. The highest BCUT2D eigenvalue weighted by atomic mass is 32.2. The van der Waals surface area contributed by atoms with Crippen molar-refractivity contribution in [3.8, 4) is 0 Å². The number of nitrogens with zero attached hydrogens (tertiary/aromatic N) is 4. The minimum atomic E-state index is -3.41. The molecule has 5 rings (SSSR count). The van der Waals surface area contributed by atoms with Gasteiger partial charge < -0.3 is 9.42 Å². The van der Waals surface area contributed by atoms with E-state index in [9.17, 15) is 13.2 Å². The predicted molar refractivity (Wildman–Crippen MR) is 122 cm³/mol. The molecule has 2 aromatic heterocycles. The van der Waals surface area contributed by atoms with Crippen molar-refractivity contribution in [2.24, 2.45) is 0 Å². The lowest BCUT2D eigenvalue weighted by molar-refractivity contribution is -0.133. The summed E-state index contributed by atoms with van der Waals surface area (Å²) in [6.45, 7) is 5.11. The van der Waals surface area contributed by atoms with Gasteiger partial charge in [-0.05, 0) is 38.8 Å². The van der Waals surface area contributed by atoms with Crippen molar-refractivity contribution in [3.05, 3.63) is 46.3 Å². The van der Waals surface area contributed by atoms with Gasteiger partial charge in [0.1, 0.15) is 11.0 Å². The Hall–Kier alpha value is -2.30. The van der Waals surface area contributed by atoms with Gasteiger partial charge in [-0.1, -0.05) is 17.3 Å². The van der Waals surface area contributed by atoms with Gasteiger partial charge in [0.25, 0.3) is 0 Å². The summed E-state index contributed by atoms with van der Waals surface area (Å²) in [5, 5.41) is 4.46. The SMILES string of the molecule is Cc1noc(C)c1CC(=O)N1CC(S(=O)(=O)N2CCC(c3nc4ccccc4s3)CC2)C1. The molecule has 170 valence electrons. The van der Waals surface area contributed by atoms with Gasteiger partial charge in [-0.2, -0.15) is 0 Å². The number of carbonyl (C=O) groups is 1. The molecule has 2 saturated heterocycles. The second-order valence-corrected chi connectivity index (χ2v) is 11.9. The number of fused-ring (bicyclic) bond motifs is 1. The second-order valence-electron chi connectivity index (χ2n) is 8.64. The van der Waals surface area contributed by atoms with Gasteiger partial charge in [-0.25, -0.2) is 17.7 Å². The number of thiazole rings is 1. The van der Waals surface area contributed by atoms with E-state index in [1.165, 1.54) is 4.70 Å². The first-order chi connectivity index (χ1) is 15.3. The quantitative estimate of drug-likeness (QED) is 0.564. The Morgan fingerprint density at radius 2 is 1.91 bits per heavy atom. The van der Waals surface area contributed by atoms with E-state index in [0.717, 1.165) is 28.9 Å². The molecule has 0 unspecified atom stereocenters. The zero-order valence-electron chi connectivity index (χ0n) is 18.2. The topological polar surface area (TPSA) is 96.6 Å². The summed E-state index contributed by atoms with van der Waals surface area (Å²) in [6, 6.07) is 8.10. The average molecular weight is 475 g/mol. The van der Waals surface area contributed by atoms with Crippen LogP contribution in [0.1, 0.15) is 40.8 Å². The summed E-state index contributed by atoms with van der Waals surface area (Å²) in [4.78, 5) is 18.9. The van der Waals surface area contributed by atoms with Crippen LogP contribution < -0.4 is 0 Å². The highest BCUT2D eigenvalue weighted by Crippen LogP contribution is 2.35. The molecule has 2 fully saturated rings. The molecular weight excluding hydrogens is 448 g/mol. The molecule has 0 radical (unpaired) electrons. The number of piperidine rings is 1. The molecule has 10 heteroatoms. The van der Waals surface area contributed by atoms with Gasteiger partial charge >= 0.3 is 0 Å². The monoisotopic (exact) mass is 474 g/mol. The summed E-state index contributed by atoms with van der Waals surface area (Å²) in [7, 11) is -3.41. The summed E-state index contributed by atoms with van der Waals surface area (Å²) in [5.74, 6) is 0.852. The number of carbonyl (C=O) groups excluding carboxylic acids is 1. The highest BCUT2D eigenvalue weighted by Gasteiger charge is 2.43. The molecule has 0 saturated carbocycles. The number of para-hydroxylation sites is 1. The Bertz CT molecular complexity index is 1200. The average Bonchev–Trinajstić information content (AvgIpc) is 3.31. The standard InChI is InChI=1S/C22H26N4O4S2/c1-14-18(15(2)30-24-14)11-21(27)25-12-17(13-25)32(28,29)26-9-7-16(8-10-26)22-23-19-5-3-4-6-20(19)31-22/h3-6,16-17H,7-13H2,1-2H3. The molecule has 8 nitrogen and oxygen atoms in total. The van der Waals surface area contributed by atoms with Crippen LogP contribution in [0.4, 0.5) is 0 Å². The fourth-order valence-electron chi connectivity index (χ4n) is 4.48. The fraction of sp³-hybridized carbons (Fsp3) is 0.500. The van der Waals surface area contributed by atoms with E-state index in [2.05, 4.69) is 11.2 Å². The van der Waals surface area contributed by atoms with Gasteiger partial charge in [0.05, 0.1) is 27.3 Å². The zero-order valence-corrected chi connectivity index (χ0v) is 19.8. The van der Waals surface area contributed by atoms with Crippen LogP contribution in [0.3, 0.4) is 0 Å². The van der Waals surface area contributed by atoms with Crippen LogP contribution in [-0.4, -0.2) is 65.1 Å². The summed E-state index contributed by atoms with van der Waals surface area (Å²) in [5.41, 5.74) is 2.51. The maximum Gasteiger partial charge on any atom is 0.227 e. The fourth-order valence-corrected chi connectivity index (χ4v) is 7.49. The molecule has 1 amide bonds. The van der Waals surface area contributed by atoms with Crippen molar-refractivity contribution < 1.29 is 17.7 Å². The van der Waals surface area contributed by atoms with Gasteiger partial charge in [-0.15, -0.1) is 11.3 Å². The van der Waals surface area contributed by atoms with Crippen LogP contribution in [0, 0.1) is 13.8 Å². The van der Waals surface area contributed by atoms with Crippen molar-refractivity contribution >= 4 is 37.5 Å². The lowest BCUT2D eigenvalue weighted by Crippen LogP contribution is -2.60. The number of aryl methyl sites for hydroxylation is 2. The largest absolute Gasteiger partial charge is 0.361 e. The van der Waals surface area contributed by atoms with Gasteiger partial charge in [0.2, 0.25) is 15.9 Å². The molecule has 0 bridgehead atoms. The second kappa shape index (κ2) is 8.24. The number of hydrogen-bond donors (Lipinski definition) is 0. The summed E-state index contributed by atoms with van der Waals surface area (Å²) in [6.07, 6.45) is 1.75. The maximum absolute atomic E-state index is 13.1. The molecular formula is C22H26N4O4S2. The first-order valence-electron chi connectivity index (χ1n) is 10.9. The Balaban J connectivity index is 1.16. The Labute approximate surface area is 191 Å². The number of likely N-dealkylation sites (tertiary alicyclic amines) is 1. The summed E-state index contributed by atoms with van der Waals surface area (Å²) >= 11 is 1.71. The van der Waals surface area contributed by atoms with Crippen LogP contribution in [0.25, 0.3) is 10.2 Å². The van der Waals surface area contributed by atoms with Crippen molar-refractivity contribution in [3.63, 3.8) is 0 Å². The van der Waals surface area contributed by atoms with Crippen molar-refractivity contribution in [1.82, 2.24) is 19.3 Å². The number of hydrogen-bond acceptors (Lipinski definition) is 7. The van der Waals surface area contributed by atoms with Crippen LogP contribution in [0.2, 0.25) is 0 Å². The molecule has 0 N–H and O–H groups in total. The lowest BCUT2D eigenvalue weighted by atomic mass is 9.99. The van der Waals surface area contributed by atoms with E-state index in [1.54, 1.807) is 34.4 Å². The number of sulfonamides is 1. The van der Waals surface area contributed by atoms with E-state index in [4.69, 9.17) is 9.51 Å². The third-order valence-corrected chi connectivity index (χ3v) is 10.0. The van der Waals surface area contributed by atoms with Crippen molar-refractivity contribution in [2.45, 2.75) is 44.3 Å². The predicted octanol–water partition coefficient (Wildman–Crippen LogP) is 2.86. The molecule has 32 heavy (non-hydrogen) atoms. The number of aromatic nitrogens is 2. The van der Waals surface area contributed by atoms with Gasteiger partial charge in [-0.3, -0.25) is 4.79 Å². The van der Waals surface area contributed by atoms with Crippen molar-refractivity contribution in [2.75, 3.05) is 26.2 Å². The Morgan fingerprint density at radius 3 is 2.56 bits per heavy atom. The first kappa shape index (κ1) is 21.5. The van der Waals surface area contributed by atoms with E-state index in [-0.39, 0.29) is 25.4 Å². The van der Waals surface area contributed by atoms with Crippen LogP contribution in [0.15, 0.2) is 28.8 Å². The van der Waals surface area contributed by atoms with Crippen LogP contribution in [-0.2, 0) is 21.2 Å². The molecule has 1 aromatic carbocycles. The molecule has 2 aliphatic heterocycles. The third-order valence-electron chi connectivity index (χ3n) is 6.60. The molecule has 4 heterocycles. The van der Waals surface area contributed by atoms with Gasteiger partial charge in [0.15, 0.2) is 0 Å². The molecule has 0 atom stereocenters. The number of benzene rings is 1. The lowest BCUT2D eigenvalue weighted by Gasteiger charge is -2.42. The maximum atomic E-state index is 13.1. The van der Waals surface area contributed by atoms with E-state index in [0.29, 0.717) is 30.5 Å². The number of amides is 1. The third kappa shape index (κ3) is 3.84. The van der Waals surface area contributed by atoms with Crippen LogP contribution >= 0.6 is 11.3 Å². The first-order valence-corrected chi connectivity index (χ1v) is 13.2. The van der Waals surface area contributed by atoms with Crippen LogP contribution in [0.5, 0.6) is 0 Å².